The number of aromatic nitrogens is 2. The van der Waals surface area contributed by atoms with Gasteiger partial charge in [0.05, 0.1) is 12.4 Å². The van der Waals surface area contributed by atoms with Gasteiger partial charge >= 0.3 is 0 Å². The number of hydrogen-bond donors (Lipinski definition) is 0. The van der Waals surface area contributed by atoms with Gasteiger partial charge in [-0.2, -0.15) is 11.8 Å². The zero-order valence-electron chi connectivity index (χ0n) is 16.5. The molecule has 28 heavy (non-hydrogen) atoms. The van der Waals surface area contributed by atoms with Crippen LogP contribution in [0.1, 0.15) is 17.9 Å². The van der Waals surface area contributed by atoms with Gasteiger partial charge in [0.25, 0.3) is 0 Å². The molecule has 1 aromatic heterocycles. The van der Waals surface area contributed by atoms with Crippen molar-refractivity contribution in [1.82, 2.24) is 15.1 Å². The summed E-state index contributed by atoms with van der Waals surface area (Å²) in [6.45, 7) is 1.73. The van der Waals surface area contributed by atoms with Crippen molar-refractivity contribution in [3.05, 3.63) is 66.1 Å². The van der Waals surface area contributed by atoms with E-state index in [4.69, 9.17) is 9.15 Å². The highest BCUT2D eigenvalue weighted by Crippen LogP contribution is 2.23. The van der Waals surface area contributed by atoms with E-state index in [0.717, 1.165) is 42.2 Å². The van der Waals surface area contributed by atoms with Crippen LogP contribution in [0, 0.1) is 0 Å². The van der Waals surface area contributed by atoms with Gasteiger partial charge in [0.1, 0.15) is 5.75 Å². The lowest BCUT2D eigenvalue weighted by molar-refractivity contribution is 0.281. The van der Waals surface area contributed by atoms with Crippen molar-refractivity contribution in [1.29, 1.82) is 0 Å². The molecule has 1 heterocycles. The van der Waals surface area contributed by atoms with E-state index in [-0.39, 0.29) is 0 Å². The molecule has 0 radical (unpaired) electrons. The normalized spacial score (nSPS) is 11.1. The molecule has 148 valence electrons. The minimum Gasteiger partial charge on any atom is -0.494 e. The van der Waals surface area contributed by atoms with Crippen LogP contribution in [0.2, 0.25) is 0 Å². The minimum absolute atomic E-state index is 0.554. The number of benzene rings is 2. The molecule has 0 aliphatic carbocycles. The van der Waals surface area contributed by atoms with Crippen LogP contribution in [-0.4, -0.2) is 48.1 Å². The Morgan fingerprint density at radius 3 is 2.54 bits per heavy atom. The maximum atomic E-state index is 5.80. The van der Waals surface area contributed by atoms with Crippen LogP contribution in [0.15, 0.2) is 59.0 Å². The second kappa shape index (κ2) is 10.9. The molecule has 0 atom stereocenters. The molecule has 0 unspecified atom stereocenters. The Labute approximate surface area is 171 Å². The number of nitrogens with zero attached hydrogens (tertiary/aromatic N) is 3. The summed E-state index contributed by atoms with van der Waals surface area (Å²) in [5, 5.41) is 8.33. The fourth-order valence-electron chi connectivity index (χ4n) is 2.69. The lowest BCUT2D eigenvalue weighted by atomic mass is 10.2. The van der Waals surface area contributed by atoms with Crippen LogP contribution in [0.4, 0.5) is 0 Å². The second-order valence-electron chi connectivity index (χ2n) is 6.82. The summed E-state index contributed by atoms with van der Waals surface area (Å²) in [5.41, 5.74) is 2.26. The van der Waals surface area contributed by atoms with Crippen molar-refractivity contribution in [3.63, 3.8) is 0 Å². The standard InChI is InChI=1S/C22H27N3O2S/c1-25(2)14-6-15-26-20-11-9-19(10-12-20)22-24-23-21(27-22)17-28-16-13-18-7-4-3-5-8-18/h3-5,7-12H,6,13-17H2,1-2H3. The van der Waals surface area contributed by atoms with Crippen LogP contribution in [-0.2, 0) is 12.2 Å². The van der Waals surface area contributed by atoms with E-state index in [2.05, 4.69) is 53.5 Å². The van der Waals surface area contributed by atoms with Crippen molar-refractivity contribution in [2.45, 2.75) is 18.6 Å². The minimum atomic E-state index is 0.554. The van der Waals surface area contributed by atoms with Gasteiger partial charge in [-0.25, -0.2) is 0 Å². The smallest absolute Gasteiger partial charge is 0.247 e. The summed E-state index contributed by atoms with van der Waals surface area (Å²) < 4.78 is 11.6. The average molecular weight is 398 g/mol. The SMILES string of the molecule is CN(C)CCCOc1ccc(-c2nnc(CSCCc3ccccc3)o2)cc1. The summed E-state index contributed by atoms with van der Waals surface area (Å²) in [6, 6.07) is 18.3. The van der Waals surface area contributed by atoms with Crippen molar-refractivity contribution in [3.8, 4) is 17.2 Å². The molecule has 3 aromatic rings. The number of ether oxygens (including phenoxy) is 1. The van der Waals surface area contributed by atoms with Gasteiger partial charge in [-0.3, -0.25) is 0 Å². The fraction of sp³-hybridized carbons (Fsp3) is 0.364. The zero-order valence-corrected chi connectivity index (χ0v) is 17.3. The predicted molar refractivity (Wildman–Crippen MR) is 115 cm³/mol. The van der Waals surface area contributed by atoms with Crippen LogP contribution in [0.25, 0.3) is 11.5 Å². The molecule has 0 N–H and O–H groups in total. The van der Waals surface area contributed by atoms with Gasteiger partial charge in [-0.1, -0.05) is 30.3 Å². The Balaban J connectivity index is 1.43. The molecule has 0 fully saturated rings. The van der Waals surface area contributed by atoms with Gasteiger partial charge in [0.15, 0.2) is 0 Å². The molecule has 6 heteroatoms. The third kappa shape index (κ3) is 6.69. The average Bonchev–Trinajstić information content (AvgIpc) is 3.19. The Morgan fingerprint density at radius 2 is 1.79 bits per heavy atom. The monoisotopic (exact) mass is 397 g/mol. The van der Waals surface area contributed by atoms with E-state index in [1.165, 1.54) is 5.56 Å². The van der Waals surface area contributed by atoms with Gasteiger partial charge in [-0.15, -0.1) is 10.2 Å². The molecular formula is C22H27N3O2S. The largest absolute Gasteiger partial charge is 0.494 e. The maximum Gasteiger partial charge on any atom is 0.247 e. The van der Waals surface area contributed by atoms with Gasteiger partial charge in [0.2, 0.25) is 11.8 Å². The quantitative estimate of drug-likeness (QED) is 0.443. The molecule has 0 spiro atoms. The highest BCUT2D eigenvalue weighted by Gasteiger charge is 2.09. The Kier molecular flexibility index (Phi) is 7.94. The summed E-state index contributed by atoms with van der Waals surface area (Å²) in [6.07, 6.45) is 2.05. The third-order valence-corrected chi connectivity index (χ3v) is 5.13. The summed E-state index contributed by atoms with van der Waals surface area (Å²) in [5.74, 6) is 3.84. The molecule has 0 amide bonds. The highest BCUT2D eigenvalue weighted by molar-refractivity contribution is 7.98. The first kappa shape index (κ1) is 20.4. The Bertz CT molecular complexity index is 819. The number of aryl methyl sites for hydroxylation is 1. The zero-order chi connectivity index (χ0) is 19.6. The molecule has 3 rings (SSSR count). The van der Waals surface area contributed by atoms with Crippen LogP contribution >= 0.6 is 11.8 Å². The summed E-state index contributed by atoms with van der Waals surface area (Å²) >= 11 is 1.81. The van der Waals surface area contributed by atoms with Crippen molar-refractivity contribution < 1.29 is 9.15 Å². The summed E-state index contributed by atoms with van der Waals surface area (Å²) in [4.78, 5) is 2.15. The van der Waals surface area contributed by atoms with Crippen LogP contribution in [0.5, 0.6) is 5.75 Å². The molecule has 0 saturated carbocycles. The van der Waals surface area contributed by atoms with E-state index in [9.17, 15) is 0 Å². The van der Waals surface area contributed by atoms with Crippen molar-refractivity contribution >= 4 is 11.8 Å². The molecular weight excluding hydrogens is 370 g/mol. The lowest BCUT2D eigenvalue weighted by Gasteiger charge is -2.10. The van der Waals surface area contributed by atoms with Gasteiger partial charge in [-0.05, 0) is 62.5 Å². The first-order valence-corrected chi connectivity index (χ1v) is 10.7. The number of thioether (sulfide) groups is 1. The van der Waals surface area contributed by atoms with Crippen molar-refractivity contribution in [2.24, 2.45) is 0 Å². The molecule has 0 aliphatic rings. The van der Waals surface area contributed by atoms with Crippen LogP contribution in [0.3, 0.4) is 0 Å². The van der Waals surface area contributed by atoms with E-state index in [0.29, 0.717) is 18.4 Å². The highest BCUT2D eigenvalue weighted by atomic mass is 32.2. The molecule has 0 bridgehead atoms. The van der Waals surface area contributed by atoms with E-state index in [1.54, 1.807) is 11.8 Å². The van der Waals surface area contributed by atoms with Gasteiger partial charge in [0, 0.05) is 12.1 Å². The topological polar surface area (TPSA) is 51.4 Å². The van der Waals surface area contributed by atoms with E-state index in [1.807, 2.05) is 30.3 Å². The first-order chi connectivity index (χ1) is 13.7. The van der Waals surface area contributed by atoms with E-state index >= 15 is 0 Å². The lowest BCUT2D eigenvalue weighted by Crippen LogP contribution is -2.15. The second-order valence-corrected chi connectivity index (χ2v) is 7.92. The fourth-order valence-corrected chi connectivity index (χ4v) is 3.50. The molecule has 0 aliphatic heterocycles. The maximum absolute atomic E-state index is 5.80. The molecule has 2 aromatic carbocycles. The molecule has 5 nitrogen and oxygen atoms in total. The molecule has 0 saturated heterocycles. The number of rotatable bonds is 11. The predicted octanol–water partition coefficient (Wildman–Crippen LogP) is 4.54. The number of hydrogen-bond acceptors (Lipinski definition) is 6. The van der Waals surface area contributed by atoms with E-state index < -0.39 is 0 Å². The summed E-state index contributed by atoms with van der Waals surface area (Å²) in [7, 11) is 4.13. The van der Waals surface area contributed by atoms with Crippen molar-refractivity contribution in [2.75, 3.05) is 33.0 Å². The third-order valence-electron chi connectivity index (χ3n) is 4.19. The van der Waals surface area contributed by atoms with Gasteiger partial charge < -0.3 is 14.1 Å². The first-order valence-electron chi connectivity index (χ1n) is 9.53. The Morgan fingerprint density at radius 1 is 1.00 bits per heavy atom. The Hall–Kier alpha value is -2.31. The van der Waals surface area contributed by atoms with Crippen LogP contribution < -0.4 is 4.74 Å².